The highest BCUT2D eigenvalue weighted by Gasteiger charge is 2.40. The Balaban J connectivity index is 1.74. The molecule has 0 saturated heterocycles. The van der Waals surface area contributed by atoms with Crippen LogP contribution >= 0.6 is 11.6 Å². The zero-order chi connectivity index (χ0) is 22.9. The number of hydrogen-bond acceptors (Lipinski definition) is 3. The van der Waals surface area contributed by atoms with Crippen LogP contribution in [0.4, 0.5) is 0 Å². The summed E-state index contributed by atoms with van der Waals surface area (Å²) in [6, 6.07) is 23.7. The first-order valence-corrected chi connectivity index (χ1v) is 14.1. The second-order valence-electron chi connectivity index (χ2n) is 9.56. The zero-order valence-electron chi connectivity index (χ0n) is 19.2. The molecule has 32 heavy (non-hydrogen) atoms. The van der Waals surface area contributed by atoms with Crippen LogP contribution in [0.2, 0.25) is 23.2 Å². The SMILES string of the molecule is CC(C)(C)[Si](C)(C)Oc1c(-c2ccc(Cl)cc2)oc2cc(OCc3ccccc3)ccc12. The molecule has 5 heteroatoms. The molecule has 1 aromatic heterocycles. The number of fused-ring (bicyclic) bond motifs is 1. The molecule has 0 amide bonds. The standard InChI is InChI=1S/C27H29ClO3Si/c1-27(2,3)32(4,5)31-26-23-16-15-22(29-18-19-9-7-6-8-10-19)17-24(23)30-25(26)20-11-13-21(28)14-12-20/h6-17H,18H2,1-5H3. The van der Waals surface area contributed by atoms with Gasteiger partial charge in [-0.05, 0) is 60.1 Å². The summed E-state index contributed by atoms with van der Waals surface area (Å²) >= 11 is 6.12. The summed E-state index contributed by atoms with van der Waals surface area (Å²) in [5.41, 5.74) is 2.80. The summed E-state index contributed by atoms with van der Waals surface area (Å²) in [5, 5.41) is 1.70. The van der Waals surface area contributed by atoms with Crippen LogP contribution in [0.15, 0.2) is 77.2 Å². The van der Waals surface area contributed by atoms with E-state index in [1.807, 2.05) is 60.7 Å². The van der Waals surface area contributed by atoms with Gasteiger partial charge in [0.1, 0.15) is 17.9 Å². The molecular formula is C27H29ClO3Si. The minimum Gasteiger partial charge on any atom is -0.540 e. The minimum absolute atomic E-state index is 0.0621. The Morgan fingerprint density at radius 2 is 1.59 bits per heavy atom. The molecular weight excluding hydrogens is 436 g/mol. The van der Waals surface area contributed by atoms with Crippen molar-refractivity contribution in [3.05, 3.63) is 83.4 Å². The normalized spacial score (nSPS) is 12.2. The average Bonchev–Trinajstić information content (AvgIpc) is 3.10. The van der Waals surface area contributed by atoms with Crippen molar-refractivity contribution in [2.45, 2.75) is 45.5 Å². The fraction of sp³-hybridized carbons (Fsp3) is 0.259. The van der Waals surface area contributed by atoms with Crippen molar-refractivity contribution in [1.29, 1.82) is 0 Å². The first kappa shape index (κ1) is 22.5. The second-order valence-corrected chi connectivity index (χ2v) is 14.7. The van der Waals surface area contributed by atoms with Crippen molar-refractivity contribution >= 4 is 30.9 Å². The zero-order valence-corrected chi connectivity index (χ0v) is 21.0. The van der Waals surface area contributed by atoms with E-state index >= 15 is 0 Å². The Morgan fingerprint density at radius 3 is 2.25 bits per heavy atom. The molecule has 0 spiro atoms. The molecule has 0 saturated carbocycles. The van der Waals surface area contributed by atoms with Crippen LogP contribution in [0.25, 0.3) is 22.3 Å². The molecule has 0 radical (unpaired) electrons. The molecule has 3 nitrogen and oxygen atoms in total. The van der Waals surface area contributed by atoms with Gasteiger partial charge in [0.15, 0.2) is 11.5 Å². The molecule has 0 N–H and O–H groups in total. The number of hydrogen-bond donors (Lipinski definition) is 0. The van der Waals surface area contributed by atoms with Crippen LogP contribution in [0.1, 0.15) is 26.3 Å². The largest absolute Gasteiger partial charge is 0.540 e. The van der Waals surface area contributed by atoms with E-state index in [9.17, 15) is 0 Å². The summed E-state index contributed by atoms with van der Waals surface area (Å²) in [6.45, 7) is 11.7. The molecule has 3 aromatic carbocycles. The van der Waals surface area contributed by atoms with Crippen molar-refractivity contribution in [3.8, 4) is 22.8 Å². The molecule has 0 aliphatic carbocycles. The van der Waals surface area contributed by atoms with Gasteiger partial charge in [-0.1, -0.05) is 62.7 Å². The van der Waals surface area contributed by atoms with Crippen LogP contribution in [0, 0.1) is 0 Å². The van der Waals surface area contributed by atoms with Crippen LogP contribution < -0.4 is 9.16 Å². The molecule has 1 heterocycles. The van der Waals surface area contributed by atoms with E-state index in [2.05, 4.69) is 46.0 Å². The van der Waals surface area contributed by atoms with Gasteiger partial charge in [0, 0.05) is 16.7 Å². The van der Waals surface area contributed by atoms with E-state index in [1.54, 1.807) is 0 Å². The molecule has 4 aromatic rings. The topological polar surface area (TPSA) is 31.6 Å². The fourth-order valence-corrected chi connectivity index (χ4v) is 4.33. The highest BCUT2D eigenvalue weighted by atomic mass is 35.5. The van der Waals surface area contributed by atoms with Gasteiger partial charge in [-0.3, -0.25) is 0 Å². The van der Waals surface area contributed by atoms with E-state index in [0.717, 1.165) is 39.4 Å². The summed E-state index contributed by atoms with van der Waals surface area (Å²) in [5.74, 6) is 2.28. The molecule has 4 rings (SSSR count). The monoisotopic (exact) mass is 464 g/mol. The summed E-state index contributed by atoms with van der Waals surface area (Å²) < 4.78 is 19.1. The van der Waals surface area contributed by atoms with Crippen LogP contribution in [-0.4, -0.2) is 8.32 Å². The molecule has 0 bridgehead atoms. The van der Waals surface area contributed by atoms with Crippen LogP contribution in [0.3, 0.4) is 0 Å². The summed E-state index contributed by atoms with van der Waals surface area (Å²) in [4.78, 5) is 0. The van der Waals surface area contributed by atoms with Gasteiger partial charge in [-0.25, -0.2) is 0 Å². The van der Waals surface area contributed by atoms with Gasteiger partial charge in [0.2, 0.25) is 0 Å². The molecule has 0 aliphatic rings. The van der Waals surface area contributed by atoms with Crippen LogP contribution in [0.5, 0.6) is 11.5 Å². The lowest BCUT2D eigenvalue weighted by Gasteiger charge is -2.36. The number of rotatable bonds is 6. The van der Waals surface area contributed by atoms with E-state index < -0.39 is 8.32 Å². The predicted molar refractivity (Wildman–Crippen MR) is 135 cm³/mol. The predicted octanol–water partition coefficient (Wildman–Crippen LogP) is 8.72. The lowest BCUT2D eigenvalue weighted by Crippen LogP contribution is -2.43. The first-order chi connectivity index (χ1) is 15.1. The average molecular weight is 465 g/mol. The van der Waals surface area contributed by atoms with Crippen molar-refractivity contribution < 1.29 is 13.6 Å². The maximum atomic E-state index is 6.78. The van der Waals surface area contributed by atoms with Gasteiger partial charge in [0.05, 0.1) is 5.39 Å². The number of furan rings is 1. The Morgan fingerprint density at radius 1 is 0.906 bits per heavy atom. The van der Waals surface area contributed by atoms with E-state index in [4.69, 9.17) is 25.2 Å². The second kappa shape index (κ2) is 8.68. The van der Waals surface area contributed by atoms with Crippen molar-refractivity contribution in [3.63, 3.8) is 0 Å². The summed E-state index contributed by atoms with van der Waals surface area (Å²) in [6.07, 6.45) is 0. The van der Waals surface area contributed by atoms with Gasteiger partial charge < -0.3 is 13.6 Å². The molecule has 0 atom stereocenters. The lowest BCUT2D eigenvalue weighted by atomic mass is 10.1. The maximum absolute atomic E-state index is 6.78. The first-order valence-electron chi connectivity index (χ1n) is 10.8. The van der Waals surface area contributed by atoms with E-state index in [1.165, 1.54) is 0 Å². The third kappa shape index (κ3) is 4.72. The number of ether oxygens (including phenoxy) is 1. The Bertz CT molecular complexity index is 1210. The highest BCUT2D eigenvalue weighted by Crippen LogP contribution is 2.46. The third-order valence-corrected chi connectivity index (χ3v) is 10.7. The van der Waals surface area contributed by atoms with E-state index in [-0.39, 0.29) is 5.04 Å². The summed E-state index contributed by atoms with van der Waals surface area (Å²) in [7, 11) is -2.09. The molecule has 0 fully saturated rings. The molecule has 0 unspecified atom stereocenters. The van der Waals surface area contributed by atoms with Crippen molar-refractivity contribution in [2.24, 2.45) is 0 Å². The van der Waals surface area contributed by atoms with Crippen LogP contribution in [-0.2, 0) is 6.61 Å². The quantitative estimate of drug-likeness (QED) is 0.267. The van der Waals surface area contributed by atoms with Crippen molar-refractivity contribution in [2.75, 3.05) is 0 Å². The van der Waals surface area contributed by atoms with Gasteiger partial charge in [-0.15, -0.1) is 0 Å². The number of halogens is 1. The van der Waals surface area contributed by atoms with Gasteiger partial charge in [0.25, 0.3) is 8.32 Å². The van der Waals surface area contributed by atoms with Crippen molar-refractivity contribution in [1.82, 2.24) is 0 Å². The van der Waals surface area contributed by atoms with Gasteiger partial charge >= 0.3 is 0 Å². The lowest BCUT2D eigenvalue weighted by molar-refractivity contribution is 0.306. The Labute approximate surface area is 196 Å². The Hall–Kier alpha value is -2.69. The Kier molecular flexibility index (Phi) is 6.10. The molecule has 0 aliphatic heterocycles. The molecule has 166 valence electrons. The minimum atomic E-state index is -2.09. The highest BCUT2D eigenvalue weighted by molar-refractivity contribution is 6.74. The number of benzene rings is 3. The van der Waals surface area contributed by atoms with Gasteiger partial charge in [-0.2, -0.15) is 0 Å². The smallest absolute Gasteiger partial charge is 0.250 e. The van der Waals surface area contributed by atoms with E-state index in [0.29, 0.717) is 11.6 Å². The third-order valence-electron chi connectivity index (χ3n) is 6.13. The maximum Gasteiger partial charge on any atom is 0.250 e. The fourth-order valence-electron chi connectivity index (χ4n) is 3.18.